The van der Waals surface area contributed by atoms with Gasteiger partial charge in [0.15, 0.2) is 5.96 Å². The molecule has 8 nitrogen and oxygen atoms in total. The van der Waals surface area contributed by atoms with Crippen LogP contribution in [0.15, 0.2) is 77.8 Å². The molecule has 0 radical (unpaired) electrons. The Kier molecular flexibility index (Phi) is 7.47. The lowest BCUT2D eigenvalue weighted by Crippen LogP contribution is -2.42. The highest BCUT2D eigenvalue weighted by Crippen LogP contribution is 2.44. The first-order valence-electron chi connectivity index (χ1n) is 12.2. The van der Waals surface area contributed by atoms with Crippen LogP contribution in [0.5, 0.6) is 0 Å². The third-order valence-corrected chi connectivity index (χ3v) is 6.06. The normalized spacial score (nSPS) is 13.9. The quantitative estimate of drug-likeness (QED) is 0.274. The molecule has 1 aliphatic rings. The number of amides is 1. The molecule has 0 saturated heterocycles. The summed E-state index contributed by atoms with van der Waals surface area (Å²) in [7, 11) is 0. The molecular weight excluding hydrogens is 468 g/mol. The smallest absolute Gasteiger partial charge is 0.407 e. The van der Waals surface area contributed by atoms with Gasteiger partial charge in [0.05, 0.1) is 5.54 Å². The summed E-state index contributed by atoms with van der Waals surface area (Å²) in [5, 5.41) is 15.2. The van der Waals surface area contributed by atoms with Crippen LogP contribution in [-0.2, 0) is 16.0 Å². The number of nitrogens with two attached hydrogens (primary N) is 1. The van der Waals surface area contributed by atoms with Crippen LogP contribution in [0.4, 0.5) is 10.5 Å². The van der Waals surface area contributed by atoms with Crippen LogP contribution < -0.4 is 16.4 Å². The minimum atomic E-state index is -1.14. The second-order valence-electron chi connectivity index (χ2n) is 10.1. The molecule has 37 heavy (non-hydrogen) atoms. The molecule has 1 aliphatic carbocycles. The monoisotopic (exact) mass is 500 g/mol. The van der Waals surface area contributed by atoms with Gasteiger partial charge in [-0.05, 0) is 60.7 Å². The Morgan fingerprint density at radius 3 is 2.08 bits per heavy atom. The minimum absolute atomic E-state index is 0.101. The molecule has 3 aromatic rings. The van der Waals surface area contributed by atoms with Gasteiger partial charge in [-0.15, -0.1) is 0 Å². The molecule has 0 saturated carbocycles. The van der Waals surface area contributed by atoms with Crippen molar-refractivity contribution in [3.8, 4) is 11.1 Å². The van der Waals surface area contributed by atoms with E-state index in [1.165, 1.54) is 0 Å². The number of carboxylic acid groups (broad SMARTS) is 1. The average Bonchev–Trinajstić information content (AvgIpc) is 3.16. The maximum absolute atomic E-state index is 12.6. The molecule has 1 atom stereocenters. The van der Waals surface area contributed by atoms with Gasteiger partial charge in [0.25, 0.3) is 0 Å². The summed E-state index contributed by atoms with van der Waals surface area (Å²) >= 11 is 0. The van der Waals surface area contributed by atoms with E-state index in [4.69, 9.17) is 10.5 Å². The van der Waals surface area contributed by atoms with Gasteiger partial charge in [-0.25, -0.2) is 14.6 Å². The zero-order valence-corrected chi connectivity index (χ0v) is 21.2. The molecule has 192 valence electrons. The summed E-state index contributed by atoms with van der Waals surface area (Å²) in [6.07, 6.45) is -0.663. The summed E-state index contributed by atoms with van der Waals surface area (Å²) in [6.45, 7) is 5.95. The number of rotatable bonds is 7. The molecule has 5 N–H and O–H groups in total. The summed E-state index contributed by atoms with van der Waals surface area (Å²) in [5.41, 5.74) is 11.5. The third kappa shape index (κ3) is 6.46. The molecule has 0 bridgehead atoms. The number of aliphatic imine (C=N–C) groups is 1. The fourth-order valence-electron chi connectivity index (χ4n) is 4.48. The van der Waals surface area contributed by atoms with E-state index >= 15 is 0 Å². The first kappa shape index (κ1) is 25.8. The number of anilines is 1. The van der Waals surface area contributed by atoms with Gasteiger partial charge < -0.3 is 26.2 Å². The molecule has 0 aromatic heterocycles. The van der Waals surface area contributed by atoms with Crippen molar-refractivity contribution >= 4 is 23.7 Å². The number of ether oxygens (including phenoxy) is 1. The van der Waals surface area contributed by atoms with E-state index < -0.39 is 18.1 Å². The summed E-state index contributed by atoms with van der Waals surface area (Å²) in [4.78, 5) is 28.8. The standard InChI is InChI=1S/C29H32N4O4/c1-29(2,3)33-27(30)31-19-14-12-18(13-15-19)16-25(26(34)35)32-28(36)37-17-24-22-10-6-4-8-20(22)21-9-5-7-11-23(21)24/h4-15,24-25H,16-17H2,1-3H3,(H,32,36)(H,34,35)(H3,30,31,33)/t25-/m0/s1. The number of carbonyl (C=O) groups excluding carboxylic acids is 1. The average molecular weight is 501 g/mol. The van der Waals surface area contributed by atoms with Crippen molar-refractivity contribution in [1.82, 2.24) is 5.32 Å². The van der Waals surface area contributed by atoms with Crippen LogP contribution in [0.1, 0.15) is 43.4 Å². The molecule has 4 rings (SSSR count). The SMILES string of the molecule is CC(C)(C)/N=C(\N)Nc1ccc(C[C@H](NC(=O)OCC2c3ccccc3-c3ccccc32)C(=O)O)cc1. The third-order valence-electron chi connectivity index (χ3n) is 6.06. The van der Waals surface area contributed by atoms with Crippen molar-refractivity contribution in [2.24, 2.45) is 10.7 Å². The fraction of sp³-hybridized carbons (Fsp3) is 0.276. The van der Waals surface area contributed by atoms with E-state index in [2.05, 4.69) is 27.8 Å². The zero-order valence-electron chi connectivity index (χ0n) is 21.2. The number of carbonyl (C=O) groups is 2. The number of aliphatic carboxylic acids is 1. The van der Waals surface area contributed by atoms with E-state index in [0.29, 0.717) is 5.96 Å². The highest BCUT2D eigenvalue weighted by Gasteiger charge is 2.29. The maximum Gasteiger partial charge on any atom is 0.407 e. The molecule has 1 amide bonds. The van der Waals surface area contributed by atoms with E-state index in [1.807, 2.05) is 57.2 Å². The Labute approximate surface area is 216 Å². The van der Waals surface area contributed by atoms with Crippen LogP contribution in [0, 0.1) is 0 Å². The second-order valence-corrected chi connectivity index (χ2v) is 10.1. The molecule has 8 heteroatoms. The Bertz CT molecular complexity index is 1270. The number of nitrogens with zero attached hydrogens (tertiary/aromatic N) is 1. The lowest BCUT2D eigenvalue weighted by Gasteiger charge is -2.18. The number of carboxylic acids is 1. The van der Waals surface area contributed by atoms with Gasteiger partial charge in [-0.2, -0.15) is 0 Å². The lowest BCUT2D eigenvalue weighted by molar-refractivity contribution is -0.139. The van der Waals surface area contributed by atoms with Crippen LogP contribution in [-0.4, -0.2) is 41.3 Å². The molecule has 0 unspecified atom stereocenters. The largest absolute Gasteiger partial charge is 0.480 e. The van der Waals surface area contributed by atoms with Crippen molar-refractivity contribution in [3.63, 3.8) is 0 Å². The van der Waals surface area contributed by atoms with Crippen LogP contribution in [0.25, 0.3) is 11.1 Å². The molecule has 0 heterocycles. The van der Waals surface area contributed by atoms with Crippen molar-refractivity contribution in [3.05, 3.63) is 89.5 Å². The fourth-order valence-corrected chi connectivity index (χ4v) is 4.48. The zero-order chi connectivity index (χ0) is 26.6. The first-order valence-corrected chi connectivity index (χ1v) is 12.2. The highest BCUT2D eigenvalue weighted by molar-refractivity contribution is 5.92. The number of fused-ring (bicyclic) bond motifs is 3. The van der Waals surface area contributed by atoms with Gasteiger partial charge in [0, 0.05) is 18.0 Å². The Hall–Kier alpha value is -4.33. The van der Waals surface area contributed by atoms with E-state index in [1.54, 1.807) is 24.3 Å². The highest BCUT2D eigenvalue weighted by atomic mass is 16.5. The lowest BCUT2D eigenvalue weighted by atomic mass is 9.98. The van der Waals surface area contributed by atoms with Crippen molar-refractivity contribution in [1.29, 1.82) is 0 Å². The predicted molar refractivity (Wildman–Crippen MR) is 145 cm³/mol. The molecule has 0 fully saturated rings. The minimum Gasteiger partial charge on any atom is -0.480 e. The van der Waals surface area contributed by atoms with Gasteiger partial charge in [0.1, 0.15) is 12.6 Å². The Morgan fingerprint density at radius 2 is 1.54 bits per heavy atom. The number of nitrogens with one attached hydrogen (secondary N) is 2. The Morgan fingerprint density at radius 1 is 0.973 bits per heavy atom. The summed E-state index contributed by atoms with van der Waals surface area (Å²) < 4.78 is 5.51. The van der Waals surface area contributed by atoms with Gasteiger partial charge in [0.2, 0.25) is 0 Å². The van der Waals surface area contributed by atoms with Crippen LogP contribution in [0.2, 0.25) is 0 Å². The second kappa shape index (κ2) is 10.7. The van der Waals surface area contributed by atoms with Crippen molar-refractivity contribution < 1.29 is 19.4 Å². The van der Waals surface area contributed by atoms with Gasteiger partial charge in [-0.3, -0.25) is 0 Å². The number of alkyl carbamates (subject to hydrolysis) is 1. The first-order chi connectivity index (χ1) is 17.6. The van der Waals surface area contributed by atoms with Crippen LogP contribution >= 0.6 is 0 Å². The summed E-state index contributed by atoms with van der Waals surface area (Å²) in [6, 6.07) is 22.1. The van der Waals surface area contributed by atoms with Crippen molar-refractivity contribution in [2.45, 2.75) is 44.7 Å². The van der Waals surface area contributed by atoms with Crippen LogP contribution in [0.3, 0.4) is 0 Å². The number of hydrogen-bond donors (Lipinski definition) is 4. The number of benzene rings is 3. The Balaban J connectivity index is 1.36. The molecular formula is C29H32N4O4. The molecule has 0 spiro atoms. The van der Waals surface area contributed by atoms with Crippen molar-refractivity contribution in [2.75, 3.05) is 11.9 Å². The molecule has 0 aliphatic heterocycles. The predicted octanol–water partition coefficient (Wildman–Crippen LogP) is 4.75. The van der Waals surface area contributed by atoms with E-state index in [0.717, 1.165) is 33.5 Å². The number of hydrogen-bond acceptors (Lipinski definition) is 4. The van der Waals surface area contributed by atoms with Gasteiger partial charge in [-0.1, -0.05) is 60.7 Å². The van der Waals surface area contributed by atoms with Gasteiger partial charge >= 0.3 is 12.1 Å². The number of guanidine groups is 1. The summed E-state index contributed by atoms with van der Waals surface area (Å²) in [5.74, 6) is -0.950. The van der Waals surface area contributed by atoms with E-state index in [-0.39, 0.29) is 24.5 Å². The van der Waals surface area contributed by atoms with E-state index in [9.17, 15) is 14.7 Å². The maximum atomic E-state index is 12.6. The topological polar surface area (TPSA) is 126 Å². The molecule has 3 aromatic carbocycles.